The van der Waals surface area contributed by atoms with E-state index in [9.17, 15) is 4.79 Å². The molecule has 1 aromatic heterocycles. The van der Waals surface area contributed by atoms with Crippen LogP contribution in [0.3, 0.4) is 0 Å². The molecule has 3 aromatic rings. The minimum absolute atomic E-state index is 0.112. The van der Waals surface area contributed by atoms with Crippen LogP contribution in [0.1, 0.15) is 35.4 Å². The fourth-order valence-corrected chi connectivity index (χ4v) is 5.11. The Morgan fingerprint density at radius 1 is 1.09 bits per heavy atom. The van der Waals surface area contributed by atoms with Crippen LogP contribution in [0.5, 0.6) is 0 Å². The van der Waals surface area contributed by atoms with Crippen LogP contribution in [-0.2, 0) is 17.9 Å². The first-order valence-corrected chi connectivity index (χ1v) is 12.2. The van der Waals surface area contributed by atoms with Crippen LogP contribution in [0.15, 0.2) is 47.6 Å². The highest BCUT2D eigenvalue weighted by Gasteiger charge is 2.19. The number of likely N-dealkylation sites (tertiary alicyclic amines) is 1. The van der Waals surface area contributed by atoms with Crippen LogP contribution in [0.4, 0.5) is 5.69 Å². The quantitative estimate of drug-likeness (QED) is 0.474. The fourth-order valence-electron chi connectivity index (χ4n) is 3.99. The summed E-state index contributed by atoms with van der Waals surface area (Å²) in [6, 6.07) is 14.2. The molecule has 0 radical (unpaired) electrons. The Morgan fingerprint density at radius 2 is 1.84 bits per heavy atom. The van der Waals surface area contributed by atoms with Crippen molar-refractivity contribution in [1.82, 2.24) is 19.7 Å². The highest BCUT2D eigenvalue weighted by Crippen LogP contribution is 2.28. The van der Waals surface area contributed by atoms with Crippen LogP contribution in [0.25, 0.3) is 0 Å². The SMILES string of the molecule is Cc1cc(C)c(NC(=O)CSc2nnc(CN3CCCC3)n2Cc2ccccc2)c(Cl)c1. The number of rotatable bonds is 8. The number of amides is 1. The van der Waals surface area contributed by atoms with Gasteiger partial charge in [-0.1, -0.05) is 59.8 Å². The van der Waals surface area contributed by atoms with Crippen molar-refractivity contribution in [3.8, 4) is 0 Å². The molecule has 1 aliphatic rings. The monoisotopic (exact) mass is 469 g/mol. The number of hydrogen-bond donors (Lipinski definition) is 1. The number of benzene rings is 2. The van der Waals surface area contributed by atoms with Crippen molar-refractivity contribution in [2.24, 2.45) is 0 Å². The van der Waals surface area contributed by atoms with Gasteiger partial charge in [-0.2, -0.15) is 0 Å². The second-order valence-corrected chi connectivity index (χ2v) is 9.58. The molecular weight excluding hydrogens is 442 g/mol. The second kappa shape index (κ2) is 10.5. The summed E-state index contributed by atoms with van der Waals surface area (Å²) in [6.07, 6.45) is 2.46. The minimum Gasteiger partial charge on any atom is -0.324 e. The van der Waals surface area contributed by atoms with E-state index in [1.165, 1.54) is 30.2 Å². The molecule has 1 saturated heterocycles. The van der Waals surface area contributed by atoms with E-state index in [4.69, 9.17) is 11.6 Å². The Kier molecular flexibility index (Phi) is 7.50. The van der Waals surface area contributed by atoms with E-state index in [0.29, 0.717) is 17.3 Å². The topological polar surface area (TPSA) is 63.1 Å². The lowest BCUT2D eigenvalue weighted by Gasteiger charge is -2.16. The highest BCUT2D eigenvalue weighted by atomic mass is 35.5. The first-order valence-electron chi connectivity index (χ1n) is 10.9. The third-order valence-electron chi connectivity index (χ3n) is 5.57. The number of nitrogens with one attached hydrogen (secondary N) is 1. The fraction of sp³-hybridized carbons (Fsp3) is 0.375. The predicted molar refractivity (Wildman–Crippen MR) is 130 cm³/mol. The van der Waals surface area contributed by atoms with Gasteiger partial charge in [0, 0.05) is 0 Å². The lowest BCUT2D eigenvalue weighted by atomic mass is 10.1. The minimum atomic E-state index is -0.112. The zero-order chi connectivity index (χ0) is 22.5. The highest BCUT2D eigenvalue weighted by molar-refractivity contribution is 7.99. The zero-order valence-electron chi connectivity index (χ0n) is 18.5. The average molecular weight is 470 g/mol. The maximum atomic E-state index is 12.7. The molecule has 1 amide bonds. The number of aryl methyl sites for hydroxylation is 2. The van der Waals surface area contributed by atoms with Gasteiger partial charge in [0.1, 0.15) is 5.82 Å². The molecule has 2 heterocycles. The number of thioether (sulfide) groups is 1. The summed E-state index contributed by atoms with van der Waals surface area (Å²) >= 11 is 7.75. The van der Waals surface area contributed by atoms with Gasteiger partial charge in [0.05, 0.1) is 29.6 Å². The number of hydrogen-bond acceptors (Lipinski definition) is 5. The van der Waals surface area contributed by atoms with Gasteiger partial charge in [0.25, 0.3) is 0 Å². The van der Waals surface area contributed by atoms with Gasteiger partial charge >= 0.3 is 0 Å². The van der Waals surface area contributed by atoms with Gasteiger partial charge in [0.15, 0.2) is 5.16 Å². The molecule has 4 rings (SSSR count). The van der Waals surface area contributed by atoms with E-state index in [1.807, 2.05) is 44.2 Å². The maximum Gasteiger partial charge on any atom is 0.234 e. The van der Waals surface area contributed by atoms with Gasteiger partial charge in [-0.15, -0.1) is 10.2 Å². The van der Waals surface area contributed by atoms with Crippen molar-refractivity contribution in [2.75, 3.05) is 24.2 Å². The van der Waals surface area contributed by atoms with Crippen molar-refractivity contribution in [2.45, 2.75) is 44.9 Å². The molecule has 0 atom stereocenters. The van der Waals surface area contributed by atoms with Crippen molar-refractivity contribution >= 4 is 35.0 Å². The molecule has 0 spiro atoms. The number of aromatic nitrogens is 3. The predicted octanol–water partition coefficient (Wildman–Crippen LogP) is 4.92. The largest absolute Gasteiger partial charge is 0.324 e. The van der Waals surface area contributed by atoms with Crippen LogP contribution in [-0.4, -0.2) is 44.4 Å². The summed E-state index contributed by atoms with van der Waals surface area (Å²) in [5.74, 6) is 1.07. The van der Waals surface area contributed by atoms with E-state index in [-0.39, 0.29) is 11.7 Å². The Morgan fingerprint density at radius 3 is 2.56 bits per heavy atom. The summed E-state index contributed by atoms with van der Waals surface area (Å²) in [5.41, 5.74) is 3.87. The summed E-state index contributed by atoms with van der Waals surface area (Å²) in [6.45, 7) is 7.59. The molecule has 1 aliphatic heterocycles. The molecular formula is C24H28ClN5OS. The average Bonchev–Trinajstić information content (AvgIpc) is 3.41. The van der Waals surface area contributed by atoms with E-state index in [0.717, 1.165) is 41.7 Å². The van der Waals surface area contributed by atoms with Gasteiger partial charge in [-0.05, 0) is 62.5 Å². The maximum absolute atomic E-state index is 12.7. The van der Waals surface area contributed by atoms with Gasteiger partial charge in [-0.3, -0.25) is 9.69 Å². The molecule has 0 aliphatic carbocycles. The summed E-state index contributed by atoms with van der Waals surface area (Å²) in [5, 5.41) is 13.2. The van der Waals surface area contributed by atoms with Gasteiger partial charge < -0.3 is 9.88 Å². The normalized spacial score (nSPS) is 14.1. The van der Waals surface area contributed by atoms with Gasteiger partial charge in [0.2, 0.25) is 5.91 Å². The molecule has 168 valence electrons. The summed E-state index contributed by atoms with van der Waals surface area (Å²) in [7, 11) is 0. The molecule has 32 heavy (non-hydrogen) atoms. The van der Waals surface area contributed by atoms with Crippen molar-refractivity contribution < 1.29 is 4.79 Å². The molecule has 2 aromatic carbocycles. The smallest absolute Gasteiger partial charge is 0.234 e. The van der Waals surface area contributed by atoms with Crippen LogP contribution in [0.2, 0.25) is 5.02 Å². The summed E-state index contributed by atoms with van der Waals surface area (Å²) in [4.78, 5) is 15.1. The lowest BCUT2D eigenvalue weighted by Crippen LogP contribution is -2.22. The first kappa shape index (κ1) is 22.8. The Balaban J connectivity index is 1.47. The first-order chi connectivity index (χ1) is 15.5. The number of carbonyl (C=O) groups is 1. The molecule has 8 heteroatoms. The Hall–Kier alpha value is -2.35. The van der Waals surface area contributed by atoms with Crippen molar-refractivity contribution in [3.05, 3.63) is 70.0 Å². The molecule has 6 nitrogen and oxygen atoms in total. The zero-order valence-corrected chi connectivity index (χ0v) is 20.0. The van der Waals surface area contributed by atoms with E-state index >= 15 is 0 Å². The number of nitrogens with zero attached hydrogens (tertiary/aromatic N) is 4. The molecule has 0 saturated carbocycles. The van der Waals surface area contributed by atoms with E-state index < -0.39 is 0 Å². The Labute approximate surface area is 198 Å². The van der Waals surface area contributed by atoms with Crippen LogP contribution >= 0.6 is 23.4 Å². The van der Waals surface area contributed by atoms with E-state index in [1.54, 1.807) is 0 Å². The third-order valence-corrected chi connectivity index (χ3v) is 6.83. The van der Waals surface area contributed by atoms with Crippen LogP contribution in [0, 0.1) is 13.8 Å². The van der Waals surface area contributed by atoms with Crippen molar-refractivity contribution in [3.63, 3.8) is 0 Å². The van der Waals surface area contributed by atoms with Crippen molar-refractivity contribution in [1.29, 1.82) is 0 Å². The van der Waals surface area contributed by atoms with E-state index in [2.05, 4.69) is 37.1 Å². The second-order valence-electron chi connectivity index (χ2n) is 8.23. The molecule has 0 unspecified atom stereocenters. The molecule has 1 fully saturated rings. The van der Waals surface area contributed by atoms with Gasteiger partial charge in [-0.25, -0.2) is 0 Å². The summed E-state index contributed by atoms with van der Waals surface area (Å²) < 4.78 is 2.13. The molecule has 0 bridgehead atoms. The van der Waals surface area contributed by atoms with Crippen LogP contribution < -0.4 is 5.32 Å². The third kappa shape index (κ3) is 5.71. The standard InChI is InChI=1S/C24H28ClN5OS/c1-17-12-18(2)23(20(25)13-17)26-22(31)16-32-24-28-27-21(15-29-10-6-7-11-29)30(24)14-19-8-4-3-5-9-19/h3-5,8-9,12-13H,6-7,10-11,14-16H2,1-2H3,(H,26,31). The Bertz CT molecular complexity index is 1060. The number of carbonyl (C=O) groups excluding carboxylic acids is 1. The number of anilines is 1. The number of halogens is 1. The molecule has 1 N–H and O–H groups in total. The lowest BCUT2D eigenvalue weighted by molar-refractivity contribution is -0.113.